The fourth-order valence-corrected chi connectivity index (χ4v) is 4.49. The molecule has 0 radical (unpaired) electrons. The lowest BCUT2D eigenvalue weighted by Gasteiger charge is -2.39. The zero-order valence-electron chi connectivity index (χ0n) is 10.2. The van der Waals surface area contributed by atoms with E-state index in [-0.39, 0.29) is 0 Å². The fraction of sp³-hybridized carbons (Fsp3) is 0.667. The minimum absolute atomic E-state index is 0.644. The molecule has 1 aromatic heterocycles. The summed E-state index contributed by atoms with van der Waals surface area (Å²) in [6.07, 6.45) is 3.96. The summed E-state index contributed by atoms with van der Waals surface area (Å²) in [4.78, 5) is 1.36. The van der Waals surface area contributed by atoms with Gasteiger partial charge >= 0.3 is 0 Å². The highest BCUT2D eigenvalue weighted by atomic mass is 79.9. The van der Waals surface area contributed by atoms with Crippen molar-refractivity contribution < 1.29 is 0 Å². The van der Waals surface area contributed by atoms with Crippen LogP contribution in [-0.4, -0.2) is 17.1 Å². The Bertz CT molecular complexity index is 351. The molecule has 0 aromatic carbocycles. The van der Waals surface area contributed by atoms with Crippen LogP contribution in [0.1, 0.15) is 38.0 Å². The second-order valence-corrected chi connectivity index (χ2v) is 8.01. The van der Waals surface area contributed by atoms with Crippen molar-refractivity contribution in [3.05, 3.63) is 19.2 Å². The highest BCUT2D eigenvalue weighted by molar-refractivity contribution is 9.13. The molecule has 0 amide bonds. The molecule has 2 heterocycles. The predicted molar refractivity (Wildman–Crippen MR) is 81.2 cm³/mol. The maximum Gasteiger partial charge on any atom is 0.0843 e. The van der Waals surface area contributed by atoms with E-state index in [2.05, 4.69) is 62.2 Å². The molecule has 2 atom stereocenters. The number of hydrogen-bond donors (Lipinski definition) is 1. The van der Waals surface area contributed by atoms with Crippen LogP contribution in [0.3, 0.4) is 0 Å². The van der Waals surface area contributed by atoms with Crippen molar-refractivity contribution in [2.75, 3.05) is 0 Å². The molecule has 1 aromatic rings. The van der Waals surface area contributed by atoms with E-state index in [4.69, 9.17) is 0 Å². The van der Waals surface area contributed by atoms with Crippen molar-refractivity contribution in [1.82, 2.24) is 10.4 Å². The number of thiophene rings is 1. The van der Waals surface area contributed by atoms with Crippen LogP contribution in [0.5, 0.6) is 0 Å². The van der Waals surface area contributed by atoms with Gasteiger partial charge in [0.2, 0.25) is 0 Å². The van der Waals surface area contributed by atoms with Gasteiger partial charge in [-0.2, -0.15) is 0 Å². The van der Waals surface area contributed by atoms with E-state index in [1.54, 1.807) is 11.3 Å². The van der Waals surface area contributed by atoms with E-state index < -0.39 is 0 Å². The van der Waals surface area contributed by atoms with Gasteiger partial charge in [-0.05, 0) is 64.6 Å². The molecule has 0 aliphatic carbocycles. The van der Waals surface area contributed by atoms with Gasteiger partial charge in [-0.1, -0.05) is 6.42 Å². The van der Waals surface area contributed by atoms with Crippen LogP contribution in [0, 0.1) is 0 Å². The van der Waals surface area contributed by atoms with Crippen LogP contribution in [0.25, 0.3) is 0 Å². The summed E-state index contributed by atoms with van der Waals surface area (Å²) >= 11 is 8.85. The van der Waals surface area contributed by atoms with Crippen LogP contribution in [0.15, 0.2) is 14.3 Å². The molecule has 2 unspecified atom stereocenters. The van der Waals surface area contributed by atoms with Crippen LogP contribution in [-0.2, 0) is 6.54 Å². The third kappa shape index (κ3) is 3.53. The topological polar surface area (TPSA) is 15.3 Å². The van der Waals surface area contributed by atoms with E-state index in [1.165, 1.54) is 27.9 Å². The number of nitrogens with one attached hydrogen (secondary N) is 1. The quantitative estimate of drug-likeness (QED) is 0.826. The van der Waals surface area contributed by atoms with Gasteiger partial charge in [0.25, 0.3) is 0 Å². The number of rotatable bonds is 3. The maximum atomic E-state index is 3.58. The molecule has 2 nitrogen and oxygen atoms in total. The molecule has 1 aliphatic rings. The van der Waals surface area contributed by atoms with Crippen LogP contribution in [0.2, 0.25) is 0 Å². The minimum Gasteiger partial charge on any atom is -0.249 e. The SMILES string of the molecule is CC1CCCC(C)N1NCc1cc(Br)c(Br)s1. The highest BCUT2D eigenvalue weighted by Crippen LogP contribution is 2.32. The Balaban J connectivity index is 1.92. The van der Waals surface area contributed by atoms with Crippen molar-refractivity contribution in [3.8, 4) is 0 Å². The Labute approximate surface area is 124 Å². The molecule has 17 heavy (non-hydrogen) atoms. The Hall–Kier alpha value is 0.580. The minimum atomic E-state index is 0.644. The lowest BCUT2D eigenvalue weighted by Crippen LogP contribution is -2.51. The first-order chi connectivity index (χ1) is 8.08. The van der Waals surface area contributed by atoms with Crippen molar-refractivity contribution in [1.29, 1.82) is 0 Å². The third-order valence-electron chi connectivity index (χ3n) is 3.33. The van der Waals surface area contributed by atoms with Crippen LogP contribution >= 0.6 is 43.2 Å². The summed E-state index contributed by atoms with van der Waals surface area (Å²) in [6, 6.07) is 3.47. The van der Waals surface area contributed by atoms with E-state index in [1.807, 2.05) is 0 Å². The standard InChI is InChI=1S/C12H18Br2N2S/c1-8-4-3-5-9(2)16(8)15-7-10-6-11(13)12(14)17-10/h6,8-9,15H,3-5,7H2,1-2H3. The summed E-state index contributed by atoms with van der Waals surface area (Å²) in [6.45, 7) is 5.54. The molecule has 2 rings (SSSR count). The van der Waals surface area contributed by atoms with Gasteiger partial charge in [-0.15, -0.1) is 11.3 Å². The van der Waals surface area contributed by atoms with Gasteiger partial charge in [-0.25, -0.2) is 10.4 Å². The second kappa shape index (κ2) is 6.15. The largest absolute Gasteiger partial charge is 0.249 e. The molecule has 5 heteroatoms. The molecule has 0 spiro atoms. The van der Waals surface area contributed by atoms with Gasteiger partial charge in [0.1, 0.15) is 0 Å². The molecular formula is C12H18Br2N2S. The van der Waals surface area contributed by atoms with Gasteiger partial charge in [-0.3, -0.25) is 0 Å². The summed E-state index contributed by atoms with van der Waals surface area (Å²) in [5.74, 6) is 0. The predicted octanol–water partition coefficient (Wildman–Crippen LogP) is 4.54. The van der Waals surface area contributed by atoms with Gasteiger partial charge in [0.15, 0.2) is 0 Å². The van der Waals surface area contributed by atoms with E-state index in [0.717, 1.165) is 11.0 Å². The molecule has 1 saturated heterocycles. The fourth-order valence-electron chi connectivity index (χ4n) is 2.38. The van der Waals surface area contributed by atoms with Gasteiger partial charge in [0, 0.05) is 28.0 Å². The normalized spacial score (nSPS) is 26.4. The van der Waals surface area contributed by atoms with Crippen molar-refractivity contribution in [2.45, 2.75) is 51.7 Å². The number of hydrazine groups is 1. The number of hydrogen-bond acceptors (Lipinski definition) is 3. The first kappa shape index (κ1) is 14.0. The monoisotopic (exact) mass is 380 g/mol. The number of halogens is 2. The van der Waals surface area contributed by atoms with Crippen LogP contribution in [0.4, 0.5) is 0 Å². The maximum absolute atomic E-state index is 3.58. The first-order valence-corrected chi connectivity index (χ1v) is 8.43. The smallest absolute Gasteiger partial charge is 0.0843 e. The Morgan fingerprint density at radius 3 is 2.53 bits per heavy atom. The number of piperidine rings is 1. The van der Waals surface area contributed by atoms with Crippen molar-refractivity contribution in [3.63, 3.8) is 0 Å². The molecule has 1 aliphatic heterocycles. The third-order valence-corrected chi connectivity index (χ3v) is 6.58. The van der Waals surface area contributed by atoms with E-state index in [0.29, 0.717) is 12.1 Å². The molecule has 0 bridgehead atoms. The number of nitrogens with zero attached hydrogens (tertiary/aromatic N) is 1. The second-order valence-electron chi connectivity index (χ2n) is 4.71. The highest BCUT2D eigenvalue weighted by Gasteiger charge is 2.24. The molecule has 1 fully saturated rings. The summed E-state index contributed by atoms with van der Waals surface area (Å²) in [7, 11) is 0. The van der Waals surface area contributed by atoms with Crippen LogP contribution < -0.4 is 5.43 Å². The lowest BCUT2D eigenvalue weighted by molar-refractivity contribution is 0.0439. The van der Waals surface area contributed by atoms with Crippen molar-refractivity contribution >= 4 is 43.2 Å². The Kier molecular flexibility index (Phi) is 5.06. The summed E-state index contributed by atoms with van der Waals surface area (Å²) in [5, 5.41) is 2.42. The molecule has 96 valence electrons. The molecular weight excluding hydrogens is 364 g/mol. The van der Waals surface area contributed by atoms with E-state index >= 15 is 0 Å². The Morgan fingerprint density at radius 1 is 1.35 bits per heavy atom. The zero-order chi connectivity index (χ0) is 12.4. The summed E-state index contributed by atoms with van der Waals surface area (Å²) in [5.41, 5.74) is 3.58. The summed E-state index contributed by atoms with van der Waals surface area (Å²) < 4.78 is 2.33. The average molecular weight is 382 g/mol. The van der Waals surface area contributed by atoms with Gasteiger partial charge in [0.05, 0.1) is 3.79 Å². The first-order valence-electron chi connectivity index (χ1n) is 6.03. The molecule has 0 saturated carbocycles. The molecule has 1 N–H and O–H groups in total. The van der Waals surface area contributed by atoms with E-state index in [9.17, 15) is 0 Å². The Morgan fingerprint density at radius 2 is 2.00 bits per heavy atom. The average Bonchev–Trinajstić information content (AvgIpc) is 2.58. The zero-order valence-corrected chi connectivity index (χ0v) is 14.2. The van der Waals surface area contributed by atoms with Crippen molar-refractivity contribution in [2.24, 2.45) is 0 Å². The van der Waals surface area contributed by atoms with Gasteiger partial charge < -0.3 is 0 Å². The lowest BCUT2D eigenvalue weighted by atomic mass is 10.00.